The summed E-state index contributed by atoms with van der Waals surface area (Å²) in [7, 11) is -9.97. The van der Waals surface area contributed by atoms with Crippen molar-refractivity contribution in [2.45, 2.75) is 354 Å². The monoisotopic (exact) mass is 1450 g/mol. The number of esters is 4. The fourth-order valence-electron chi connectivity index (χ4n) is 10.5. The van der Waals surface area contributed by atoms with Crippen LogP contribution in [0.1, 0.15) is 336 Å². The number of aliphatic hydroxyl groups is 1. The van der Waals surface area contributed by atoms with Gasteiger partial charge in [0.2, 0.25) is 0 Å². The van der Waals surface area contributed by atoms with Crippen molar-refractivity contribution in [3.8, 4) is 0 Å². The topological polar surface area (TPSA) is 237 Å². The molecule has 0 spiro atoms. The second kappa shape index (κ2) is 73.3. The summed E-state index contributed by atoms with van der Waals surface area (Å²) in [6, 6.07) is 0. The Kier molecular flexibility index (Phi) is 70.4. The molecule has 0 bridgehead atoms. The van der Waals surface area contributed by atoms with Crippen LogP contribution in [0.3, 0.4) is 0 Å². The van der Waals surface area contributed by atoms with E-state index in [4.69, 9.17) is 37.0 Å². The van der Waals surface area contributed by atoms with E-state index in [0.717, 1.165) is 128 Å². The molecule has 0 aromatic heterocycles. The number of hydrogen-bond donors (Lipinski definition) is 3. The summed E-state index contributed by atoms with van der Waals surface area (Å²) >= 11 is 0. The quantitative estimate of drug-likeness (QED) is 0.0128. The maximum Gasteiger partial charge on any atom is 0.472 e. The fourth-order valence-corrected chi connectivity index (χ4v) is 12.1. The van der Waals surface area contributed by atoms with Crippen LogP contribution in [0.15, 0.2) is 97.2 Å². The zero-order chi connectivity index (χ0) is 73.2. The Bertz CT molecular complexity index is 2270. The van der Waals surface area contributed by atoms with E-state index in [0.29, 0.717) is 32.1 Å². The normalized spacial score (nSPS) is 14.4. The molecule has 100 heavy (non-hydrogen) atoms. The first-order valence-electron chi connectivity index (χ1n) is 39.5. The van der Waals surface area contributed by atoms with E-state index in [1.165, 1.54) is 122 Å². The van der Waals surface area contributed by atoms with E-state index < -0.39 is 97.5 Å². The van der Waals surface area contributed by atoms with Gasteiger partial charge < -0.3 is 33.8 Å². The van der Waals surface area contributed by atoms with Gasteiger partial charge in [0.25, 0.3) is 0 Å². The molecule has 0 fully saturated rings. The molecule has 0 saturated heterocycles. The Morgan fingerprint density at radius 1 is 0.290 bits per heavy atom. The summed E-state index contributed by atoms with van der Waals surface area (Å²) in [5.41, 5.74) is 0. The van der Waals surface area contributed by atoms with Crippen molar-refractivity contribution in [2.24, 2.45) is 0 Å². The Morgan fingerprint density at radius 2 is 0.530 bits per heavy atom. The summed E-state index contributed by atoms with van der Waals surface area (Å²) in [6.45, 7) is 4.74. The van der Waals surface area contributed by atoms with Crippen LogP contribution < -0.4 is 0 Å². The molecule has 0 aliphatic heterocycles. The number of rotatable bonds is 74. The maximum absolute atomic E-state index is 13.1. The van der Waals surface area contributed by atoms with Gasteiger partial charge in [-0.3, -0.25) is 37.3 Å². The number of ether oxygens (including phenoxy) is 4. The largest absolute Gasteiger partial charge is 0.472 e. The van der Waals surface area contributed by atoms with Gasteiger partial charge in [-0.1, -0.05) is 292 Å². The van der Waals surface area contributed by atoms with Crippen LogP contribution in [0.5, 0.6) is 0 Å². The third-order valence-electron chi connectivity index (χ3n) is 16.6. The number of phosphoric ester groups is 2. The lowest BCUT2D eigenvalue weighted by Crippen LogP contribution is -2.30. The number of carbonyl (C=O) groups is 4. The molecule has 0 rings (SSSR count). The highest BCUT2D eigenvalue weighted by atomic mass is 31.2. The average molecular weight is 1450 g/mol. The number of carbonyl (C=O) groups excluding carboxylic acids is 4. The van der Waals surface area contributed by atoms with E-state index in [1.807, 2.05) is 12.2 Å². The number of hydrogen-bond acceptors (Lipinski definition) is 15. The standard InChI is InChI=1S/C81H142O17P2/c1-5-9-13-17-21-25-29-33-36-37-40-43-46-50-54-58-62-66-79(84)92-72-77(98-81(86)68-64-60-56-52-48-44-39-35-31-27-23-19-15-11-7-3)74-96-100(89,90)94-70-75(82)69-93-99(87,88)95-73-76(97-80(85)67-63-59-55-51-47-41-32-28-24-20-16-12-8-4)71-91-78(83)65-61-57-53-49-45-42-38-34-30-26-22-18-14-10-6-2/h21,25-27,30-31,33-36,38-40,43,50,54,75-77,82H,5-20,22-24,28-29,32,37,41-42,44-49,51-53,55-74H2,1-4H3,(H,87,88)(H,89,90)/b25-21-,30-26-,31-27-,36-33-,38-34-,39-35-,43-40-,54-50-/t75-,76+,77+/m0/s1. The molecule has 0 aromatic rings. The second-order valence-electron chi connectivity index (χ2n) is 26.4. The number of aliphatic hydroxyl groups excluding tert-OH is 1. The molecule has 0 aliphatic rings. The molecule has 17 nitrogen and oxygen atoms in total. The van der Waals surface area contributed by atoms with Gasteiger partial charge in [0, 0.05) is 25.7 Å². The van der Waals surface area contributed by atoms with Crippen molar-refractivity contribution in [1.29, 1.82) is 0 Å². The Balaban J connectivity index is 5.41. The van der Waals surface area contributed by atoms with E-state index in [9.17, 15) is 43.2 Å². The van der Waals surface area contributed by atoms with E-state index in [2.05, 4.69) is 113 Å². The van der Waals surface area contributed by atoms with Crippen molar-refractivity contribution >= 4 is 39.5 Å². The summed E-state index contributed by atoms with van der Waals surface area (Å²) in [5.74, 6) is -2.26. The molecule has 578 valence electrons. The first kappa shape index (κ1) is 96.0. The van der Waals surface area contributed by atoms with Gasteiger partial charge in [0.15, 0.2) is 12.2 Å². The molecular weight excluding hydrogens is 1310 g/mol. The molecular formula is C81H142O17P2. The molecule has 3 N–H and O–H groups in total. The molecule has 0 aliphatic carbocycles. The minimum absolute atomic E-state index is 0.0658. The van der Waals surface area contributed by atoms with Crippen molar-refractivity contribution in [3.05, 3.63) is 97.2 Å². The predicted molar refractivity (Wildman–Crippen MR) is 409 cm³/mol. The van der Waals surface area contributed by atoms with Crippen LogP contribution in [0.2, 0.25) is 0 Å². The van der Waals surface area contributed by atoms with Crippen LogP contribution in [0.25, 0.3) is 0 Å². The van der Waals surface area contributed by atoms with E-state index in [1.54, 1.807) is 0 Å². The first-order valence-corrected chi connectivity index (χ1v) is 42.5. The Labute approximate surface area is 607 Å². The molecule has 0 amide bonds. The van der Waals surface area contributed by atoms with Crippen LogP contribution in [-0.2, 0) is 65.4 Å². The zero-order valence-electron chi connectivity index (χ0n) is 63.1. The van der Waals surface area contributed by atoms with Crippen LogP contribution >= 0.6 is 15.6 Å². The molecule has 0 saturated carbocycles. The summed E-state index contributed by atoms with van der Waals surface area (Å²) < 4.78 is 68.5. The average Bonchev–Trinajstić information content (AvgIpc) is 1.06. The third-order valence-corrected chi connectivity index (χ3v) is 18.5. The summed E-state index contributed by atoms with van der Waals surface area (Å²) in [5, 5.41) is 10.6. The van der Waals surface area contributed by atoms with Crippen LogP contribution in [0.4, 0.5) is 0 Å². The van der Waals surface area contributed by atoms with Gasteiger partial charge in [-0.2, -0.15) is 0 Å². The van der Waals surface area contributed by atoms with Gasteiger partial charge in [-0.15, -0.1) is 0 Å². The summed E-state index contributed by atoms with van der Waals surface area (Å²) in [4.78, 5) is 72.9. The van der Waals surface area contributed by atoms with Gasteiger partial charge in [0.05, 0.1) is 26.4 Å². The number of allylic oxidation sites excluding steroid dienone is 16. The van der Waals surface area contributed by atoms with Gasteiger partial charge in [0.1, 0.15) is 19.3 Å². The molecule has 2 unspecified atom stereocenters. The molecule has 0 radical (unpaired) electrons. The van der Waals surface area contributed by atoms with Crippen LogP contribution in [-0.4, -0.2) is 96.7 Å². The number of phosphoric acid groups is 2. The molecule has 19 heteroatoms. The minimum Gasteiger partial charge on any atom is -0.462 e. The van der Waals surface area contributed by atoms with Crippen molar-refractivity contribution in [3.63, 3.8) is 0 Å². The third kappa shape index (κ3) is 72.3. The van der Waals surface area contributed by atoms with E-state index in [-0.39, 0.29) is 25.7 Å². The van der Waals surface area contributed by atoms with Gasteiger partial charge in [-0.05, 0) is 116 Å². The van der Waals surface area contributed by atoms with Crippen molar-refractivity contribution < 1.29 is 80.2 Å². The van der Waals surface area contributed by atoms with Crippen LogP contribution in [0, 0.1) is 0 Å². The highest BCUT2D eigenvalue weighted by Gasteiger charge is 2.30. The fraction of sp³-hybridized carbons (Fsp3) is 0.753. The molecule has 0 aromatic carbocycles. The number of unbranched alkanes of at least 4 members (excludes halogenated alkanes) is 34. The van der Waals surface area contributed by atoms with Crippen molar-refractivity contribution in [1.82, 2.24) is 0 Å². The van der Waals surface area contributed by atoms with Gasteiger partial charge in [-0.25, -0.2) is 9.13 Å². The first-order chi connectivity index (χ1) is 48.7. The minimum atomic E-state index is -4.99. The highest BCUT2D eigenvalue weighted by molar-refractivity contribution is 7.47. The molecule has 0 heterocycles. The highest BCUT2D eigenvalue weighted by Crippen LogP contribution is 2.45. The zero-order valence-corrected chi connectivity index (χ0v) is 64.9. The Morgan fingerprint density at radius 3 is 0.880 bits per heavy atom. The second-order valence-corrected chi connectivity index (χ2v) is 29.3. The van der Waals surface area contributed by atoms with E-state index >= 15 is 0 Å². The van der Waals surface area contributed by atoms with Gasteiger partial charge >= 0.3 is 39.5 Å². The lowest BCUT2D eigenvalue weighted by atomic mass is 10.0. The maximum atomic E-state index is 13.1. The predicted octanol–water partition coefficient (Wildman–Crippen LogP) is 22.8. The summed E-state index contributed by atoms with van der Waals surface area (Å²) in [6.07, 6.45) is 76.8. The molecule has 5 atom stereocenters. The lowest BCUT2D eigenvalue weighted by molar-refractivity contribution is -0.161. The smallest absolute Gasteiger partial charge is 0.462 e. The SMILES string of the molecule is CCCCC/C=C\C/C=C\C/C=C\C/C=C\CCCC(=O)OC[C@H](COP(=O)(O)OC[C@@H](O)COP(=O)(O)OC[C@@H](COC(=O)CCCCCCC/C=C\C=C/CCCCCC)OC(=O)CCCCCCCCCCCCCCC)OC(=O)CCCCCCC/C=C\C=C/CCCCCC. The lowest BCUT2D eigenvalue weighted by Gasteiger charge is -2.21. The van der Waals surface area contributed by atoms with Crippen molar-refractivity contribution in [2.75, 3.05) is 39.6 Å². The Hall–Kier alpha value is -4.02.